The smallest absolute Gasteiger partial charge is 0.131 e. The van der Waals surface area contributed by atoms with Crippen LogP contribution in [0.4, 0.5) is 0 Å². The van der Waals surface area contributed by atoms with Gasteiger partial charge in [0, 0.05) is 0 Å². The monoisotopic (exact) mass is 200 g/mol. The third-order valence-corrected chi connectivity index (χ3v) is 2.20. The maximum atomic E-state index is 9.75. The zero-order valence-electron chi connectivity index (χ0n) is 8.31. The molecule has 15 heavy (non-hydrogen) atoms. The first-order valence-corrected chi connectivity index (χ1v) is 4.77. The summed E-state index contributed by atoms with van der Waals surface area (Å²) in [6.45, 7) is 4.03. The molecular weight excluding hydrogens is 188 g/mol. The van der Waals surface area contributed by atoms with E-state index in [4.69, 9.17) is 4.74 Å². The van der Waals surface area contributed by atoms with E-state index in [0.717, 1.165) is 10.8 Å². The van der Waals surface area contributed by atoms with Crippen LogP contribution in [0.1, 0.15) is 0 Å². The quantitative estimate of drug-likeness (QED) is 0.771. The molecule has 76 valence electrons. The van der Waals surface area contributed by atoms with Crippen molar-refractivity contribution in [2.75, 3.05) is 6.61 Å². The summed E-state index contributed by atoms with van der Waals surface area (Å²) in [6, 6.07) is 11.1. The van der Waals surface area contributed by atoms with Crippen molar-refractivity contribution >= 4 is 10.8 Å². The molecule has 0 aromatic heterocycles. The number of phenolic OH excluding ortho intramolecular Hbond substituents is 1. The Kier molecular flexibility index (Phi) is 2.59. The summed E-state index contributed by atoms with van der Waals surface area (Å²) >= 11 is 0. The van der Waals surface area contributed by atoms with Crippen LogP contribution in [0.5, 0.6) is 11.5 Å². The van der Waals surface area contributed by atoms with Crippen LogP contribution in [0.25, 0.3) is 10.8 Å². The number of fused-ring (bicyclic) bond motifs is 1. The van der Waals surface area contributed by atoms with Gasteiger partial charge in [-0.25, -0.2) is 0 Å². The van der Waals surface area contributed by atoms with E-state index in [1.54, 1.807) is 12.1 Å². The summed E-state index contributed by atoms with van der Waals surface area (Å²) in [5.41, 5.74) is 0. The maximum absolute atomic E-state index is 9.75. The van der Waals surface area contributed by atoms with Gasteiger partial charge in [-0.15, -0.1) is 0 Å². The van der Waals surface area contributed by atoms with Gasteiger partial charge in [0.25, 0.3) is 0 Å². The van der Waals surface area contributed by atoms with E-state index < -0.39 is 0 Å². The van der Waals surface area contributed by atoms with E-state index in [-0.39, 0.29) is 5.75 Å². The lowest BCUT2D eigenvalue weighted by atomic mass is 10.1. The number of rotatable bonds is 3. The molecule has 2 heteroatoms. The van der Waals surface area contributed by atoms with Crippen molar-refractivity contribution in [3.8, 4) is 11.5 Å². The van der Waals surface area contributed by atoms with Gasteiger partial charge in [-0.2, -0.15) is 0 Å². The largest absolute Gasteiger partial charge is 0.507 e. The first-order valence-electron chi connectivity index (χ1n) is 4.77. The van der Waals surface area contributed by atoms with Gasteiger partial charge in [0.2, 0.25) is 0 Å². The Bertz CT molecular complexity index is 484. The van der Waals surface area contributed by atoms with Crippen LogP contribution in [0, 0.1) is 0 Å². The molecule has 0 unspecified atom stereocenters. The Morgan fingerprint density at radius 2 is 1.93 bits per heavy atom. The first-order chi connectivity index (χ1) is 7.33. The van der Waals surface area contributed by atoms with E-state index in [1.807, 2.05) is 30.3 Å². The van der Waals surface area contributed by atoms with Crippen LogP contribution in [-0.2, 0) is 0 Å². The summed E-state index contributed by atoms with van der Waals surface area (Å²) < 4.78 is 5.47. The molecule has 0 bridgehead atoms. The Labute approximate surface area is 88.4 Å². The highest BCUT2D eigenvalue weighted by molar-refractivity contribution is 5.93. The topological polar surface area (TPSA) is 29.5 Å². The molecule has 0 aliphatic carbocycles. The van der Waals surface area contributed by atoms with Crippen molar-refractivity contribution in [2.24, 2.45) is 0 Å². The minimum atomic E-state index is 0.243. The molecule has 2 aromatic rings. The van der Waals surface area contributed by atoms with Gasteiger partial charge in [0.1, 0.15) is 18.1 Å². The predicted molar refractivity (Wildman–Crippen MR) is 61.3 cm³/mol. The molecule has 1 N–H and O–H groups in total. The third-order valence-electron chi connectivity index (χ3n) is 2.20. The second-order valence-electron chi connectivity index (χ2n) is 3.23. The lowest BCUT2D eigenvalue weighted by molar-refractivity contribution is 0.366. The molecule has 2 aromatic carbocycles. The lowest BCUT2D eigenvalue weighted by Gasteiger charge is -2.08. The molecule has 0 radical (unpaired) electrons. The molecule has 0 aliphatic rings. The van der Waals surface area contributed by atoms with E-state index in [2.05, 4.69) is 6.58 Å². The van der Waals surface area contributed by atoms with Crippen LogP contribution >= 0.6 is 0 Å². The van der Waals surface area contributed by atoms with Gasteiger partial charge < -0.3 is 9.84 Å². The molecule has 0 saturated carbocycles. The normalized spacial score (nSPS) is 10.1. The molecule has 2 rings (SSSR count). The Morgan fingerprint density at radius 3 is 2.67 bits per heavy atom. The third kappa shape index (κ3) is 1.79. The van der Waals surface area contributed by atoms with E-state index in [9.17, 15) is 5.11 Å². The van der Waals surface area contributed by atoms with Crippen molar-refractivity contribution in [1.29, 1.82) is 0 Å². The number of phenols is 1. The SMILES string of the molecule is C=CCOc1cccc2cccc(O)c12. The molecule has 2 nitrogen and oxygen atoms in total. The fraction of sp³-hybridized carbons (Fsp3) is 0.0769. The van der Waals surface area contributed by atoms with Crippen LogP contribution in [-0.4, -0.2) is 11.7 Å². The van der Waals surface area contributed by atoms with Crippen LogP contribution in [0.15, 0.2) is 49.1 Å². The highest BCUT2D eigenvalue weighted by Gasteiger charge is 2.05. The summed E-state index contributed by atoms with van der Waals surface area (Å²) in [4.78, 5) is 0. The highest BCUT2D eigenvalue weighted by atomic mass is 16.5. The molecule has 0 fully saturated rings. The highest BCUT2D eigenvalue weighted by Crippen LogP contribution is 2.32. The first kappa shape index (κ1) is 9.59. The summed E-state index contributed by atoms with van der Waals surface area (Å²) in [5, 5.41) is 11.5. The Hall–Kier alpha value is -1.96. The average Bonchev–Trinajstić information content (AvgIpc) is 2.26. The van der Waals surface area contributed by atoms with E-state index in [1.165, 1.54) is 0 Å². The second-order valence-corrected chi connectivity index (χ2v) is 3.23. The Balaban J connectivity index is 2.58. The second kappa shape index (κ2) is 4.05. The van der Waals surface area contributed by atoms with Crippen molar-refractivity contribution in [3.63, 3.8) is 0 Å². The molecule has 0 aliphatic heterocycles. The zero-order valence-corrected chi connectivity index (χ0v) is 8.31. The number of hydrogen-bond donors (Lipinski definition) is 1. The predicted octanol–water partition coefficient (Wildman–Crippen LogP) is 3.11. The summed E-state index contributed by atoms with van der Waals surface area (Å²) in [6.07, 6.45) is 1.68. The summed E-state index contributed by atoms with van der Waals surface area (Å²) in [7, 11) is 0. The maximum Gasteiger partial charge on any atom is 0.131 e. The minimum Gasteiger partial charge on any atom is -0.507 e. The number of benzene rings is 2. The van der Waals surface area contributed by atoms with Crippen LogP contribution < -0.4 is 4.74 Å². The molecule has 0 saturated heterocycles. The van der Waals surface area contributed by atoms with Gasteiger partial charge in [0.15, 0.2) is 0 Å². The van der Waals surface area contributed by atoms with Crippen molar-refractivity contribution in [3.05, 3.63) is 49.1 Å². The van der Waals surface area contributed by atoms with Gasteiger partial charge in [-0.1, -0.05) is 36.9 Å². The minimum absolute atomic E-state index is 0.243. The average molecular weight is 200 g/mol. The molecule has 0 heterocycles. The zero-order chi connectivity index (χ0) is 10.7. The molecule has 0 amide bonds. The van der Waals surface area contributed by atoms with Crippen molar-refractivity contribution in [1.82, 2.24) is 0 Å². The lowest BCUT2D eigenvalue weighted by Crippen LogP contribution is -1.93. The standard InChI is InChI=1S/C13H12O2/c1-2-9-15-12-8-4-6-10-5-3-7-11(14)13(10)12/h2-8,14H,1,9H2. The summed E-state index contributed by atoms with van der Waals surface area (Å²) in [5.74, 6) is 0.928. The van der Waals surface area contributed by atoms with E-state index >= 15 is 0 Å². The van der Waals surface area contributed by atoms with Gasteiger partial charge in [-0.3, -0.25) is 0 Å². The number of ether oxygens (including phenoxy) is 1. The number of hydrogen-bond acceptors (Lipinski definition) is 2. The Morgan fingerprint density at radius 1 is 1.20 bits per heavy atom. The van der Waals surface area contributed by atoms with E-state index in [0.29, 0.717) is 12.4 Å². The van der Waals surface area contributed by atoms with Gasteiger partial charge in [-0.05, 0) is 17.5 Å². The van der Waals surface area contributed by atoms with Gasteiger partial charge in [0.05, 0.1) is 5.39 Å². The van der Waals surface area contributed by atoms with Crippen LogP contribution in [0.2, 0.25) is 0 Å². The fourth-order valence-corrected chi connectivity index (χ4v) is 1.56. The van der Waals surface area contributed by atoms with Crippen LogP contribution in [0.3, 0.4) is 0 Å². The molecular formula is C13H12O2. The molecule has 0 atom stereocenters. The number of aromatic hydroxyl groups is 1. The van der Waals surface area contributed by atoms with Gasteiger partial charge >= 0.3 is 0 Å². The van der Waals surface area contributed by atoms with Crippen molar-refractivity contribution in [2.45, 2.75) is 0 Å². The molecule has 0 spiro atoms. The van der Waals surface area contributed by atoms with Crippen molar-refractivity contribution < 1.29 is 9.84 Å². The fourth-order valence-electron chi connectivity index (χ4n) is 1.56.